The van der Waals surface area contributed by atoms with Crippen molar-refractivity contribution in [2.75, 3.05) is 6.61 Å². The Labute approximate surface area is 118 Å². The van der Waals surface area contributed by atoms with Gasteiger partial charge >= 0.3 is 0 Å². The summed E-state index contributed by atoms with van der Waals surface area (Å²) in [5.74, 6) is 0.887. The second-order valence-electron chi connectivity index (χ2n) is 5.13. The molecule has 4 N–H and O–H groups in total. The molecule has 2 aromatic rings. The van der Waals surface area contributed by atoms with Gasteiger partial charge in [0, 0.05) is 35.1 Å². The summed E-state index contributed by atoms with van der Waals surface area (Å²) < 4.78 is 5.58. The first-order valence-electron chi connectivity index (χ1n) is 6.33. The molecule has 0 saturated heterocycles. The summed E-state index contributed by atoms with van der Waals surface area (Å²) in [5, 5.41) is 10.9. The average Bonchev–Trinajstić information content (AvgIpc) is 2.72. The smallest absolute Gasteiger partial charge is 0.123 e. The zero-order valence-corrected chi connectivity index (χ0v) is 11.7. The van der Waals surface area contributed by atoms with Crippen LogP contribution in [0.15, 0.2) is 18.3 Å². The minimum atomic E-state index is -0.416. The summed E-state index contributed by atoms with van der Waals surface area (Å²) in [6.07, 6.45) is 3.07. The van der Waals surface area contributed by atoms with Crippen LogP contribution in [-0.4, -0.2) is 28.8 Å². The molecule has 19 heavy (non-hydrogen) atoms. The fourth-order valence-corrected chi connectivity index (χ4v) is 2.68. The third-order valence-electron chi connectivity index (χ3n) is 3.41. The molecule has 1 aromatic heterocycles. The molecule has 0 fully saturated rings. The molecular weight excluding hydrogens is 264 g/mol. The van der Waals surface area contributed by atoms with Crippen molar-refractivity contribution >= 4 is 23.3 Å². The van der Waals surface area contributed by atoms with E-state index < -0.39 is 6.10 Å². The van der Waals surface area contributed by atoms with E-state index in [1.807, 2.05) is 25.3 Å². The molecule has 0 amide bonds. The third-order valence-corrected chi connectivity index (χ3v) is 3.41. The third kappa shape index (κ3) is 2.56. The number of hydrogen-bond donors (Lipinski definition) is 3. The van der Waals surface area contributed by atoms with Crippen molar-refractivity contribution in [2.45, 2.75) is 31.9 Å². The maximum atomic E-state index is 9.77. The SMILES string of the molecule is CC(N)Cc1c[nH]c2ccc3c(c12)CC(O)CO3.Cl. The fraction of sp³-hybridized carbons (Fsp3) is 0.429. The highest BCUT2D eigenvalue weighted by Crippen LogP contribution is 2.34. The number of fused-ring (bicyclic) bond motifs is 3. The van der Waals surface area contributed by atoms with Gasteiger partial charge in [-0.05, 0) is 31.0 Å². The molecule has 1 aromatic carbocycles. The van der Waals surface area contributed by atoms with Crippen molar-refractivity contribution in [1.29, 1.82) is 0 Å². The van der Waals surface area contributed by atoms with E-state index in [0.717, 1.165) is 23.3 Å². The number of aliphatic hydroxyl groups is 1. The van der Waals surface area contributed by atoms with Crippen LogP contribution in [0.25, 0.3) is 10.9 Å². The maximum Gasteiger partial charge on any atom is 0.123 e. The molecule has 0 aliphatic carbocycles. The first-order valence-corrected chi connectivity index (χ1v) is 6.33. The summed E-state index contributed by atoms with van der Waals surface area (Å²) in [5.41, 5.74) is 9.27. The first kappa shape index (κ1) is 14.2. The molecule has 5 heteroatoms. The van der Waals surface area contributed by atoms with Gasteiger partial charge in [-0.15, -0.1) is 12.4 Å². The van der Waals surface area contributed by atoms with Crippen molar-refractivity contribution in [1.82, 2.24) is 4.98 Å². The van der Waals surface area contributed by atoms with Crippen molar-refractivity contribution in [2.24, 2.45) is 5.73 Å². The summed E-state index contributed by atoms with van der Waals surface area (Å²) in [7, 11) is 0. The molecule has 2 heterocycles. The monoisotopic (exact) mass is 282 g/mol. The molecule has 1 aliphatic rings. The lowest BCUT2D eigenvalue weighted by Gasteiger charge is -2.23. The van der Waals surface area contributed by atoms with E-state index in [-0.39, 0.29) is 18.4 Å². The predicted octanol–water partition coefficient (Wildman–Crippen LogP) is 1.78. The largest absolute Gasteiger partial charge is 0.491 e. The quantitative estimate of drug-likeness (QED) is 0.786. The van der Waals surface area contributed by atoms with E-state index in [2.05, 4.69) is 4.98 Å². The van der Waals surface area contributed by atoms with Gasteiger partial charge in [-0.1, -0.05) is 0 Å². The number of benzene rings is 1. The minimum absolute atomic E-state index is 0. The highest BCUT2D eigenvalue weighted by Gasteiger charge is 2.22. The summed E-state index contributed by atoms with van der Waals surface area (Å²) >= 11 is 0. The van der Waals surface area contributed by atoms with Crippen molar-refractivity contribution in [3.63, 3.8) is 0 Å². The van der Waals surface area contributed by atoms with Gasteiger partial charge in [0.15, 0.2) is 0 Å². The van der Waals surface area contributed by atoms with E-state index in [4.69, 9.17) is 10.5 Å². The predicted molar refractivity (Wildman–Crippen MR) is 78.1 cm³/mol. The van der Waals surface area contributed by atoms with E-state index in [1.54, 1.807) is 0 Å². The van der Waals surface area contributed by atoms with E-state index in [9.17, 15) is 5.11 Å². The van der Waals surface area contributed by atoms with Gasteiger partial charge in [0.2, 0.25) is 0 Å². The van der Waals surface area contributed by atoms with Crippen LogP contribution >= 0.6 is 12.4 Å². The van der Waals surface area contributed by atoms with Gasteiger partial charge in [0.05, 0.1) is 6.10 Å². The Morgan fingerprint density at radius 3 is 3.05 bits per heavy atom. The minimum Gasteiger partial charge on any atom is -0.491 e. The fourth-order valence-electron chi connectivity index (χ4n) is 2.68. The molecule has 2 unspecified atom stereocenters. The Morgan fingerprint density at radius 1 is 1.53 bits per heavy atom. The second kappa shape index (κ2) is 5.41. The summed E-state index contributed by atoms with van der Waals surface area (Å²) in [4.78, 5) is 3.27. The standard InChI is InChI=1S/C14H18N2O2.ClH/c1-8(15)4-9-6-16-12-2-3-13-11(14(9)12)5-10(17)7-18-13;/h2-3,6,8,10,16-17H,4-5,7,15H2,1H3;1H. The molecule has 2 atom stereocenters. The number of nitrogens with one attached hydrogen (secondary N) is 1. The van der Waals surface area contributed by atoms with Gasteiger partial charge in [0.1, 0.15) is 12.4 Å². The lowest BCUT2D eigenvalue weighted by atomic mass is 9.96. The second-order valence-corrected chi connectivity index (χ2v) is 5.13. The molecule has 0 radical (unpaired) electrons. The number of H-pyrrole nitrogens is 1. The lowest BCUT2D eigenvalue weighted by Crippen LogP contribution is -2.25. The Bertz CT molecular complexity index is 580. The van der Waals surface area contributed by atoms with Crippen LogP contribution in [0, 0.1) is 0 Å². The zero-order chi connectivity index (χ0) is 12.7. The van der Waals surface area contributed by atoms with Crippen LogP contribution in [0.2, 0.25) is 0 Å². The van der Waals surface area contributed by atoms with Crippen LogP contribution in [0.5, 0.6) is 5.75 Å². The summed E-state index contributed by atoms with van der Waals surface area (Å²) in [6.45, 7) is 2.38. The Hall–Kier alpha value is -1.23. The van der Waals surface area contributed by atoms with E-state index in [1.165, 1.54) is 10.9 Å². The van der Waals surface area contributed by atoms with Gasteiger partial charge in [-0.3, -0.25) is 0 Å². The highest BCUT2D eigenvalue weighted by molar-refractivity contribution is 5.89. The molecule has 4 nitrogen and oxygen atoms in total. The zero-order valence-electron chi connectivity index (χ0n) is 10.8. The van der Waals surface area contributed by atoms with E-state index in [0.29, 0.717) is 13.0 Å². The Morgan fingerprint density at radius 2 is 2.32 bits per heavy atom. The number of aromatic amines is 1. The summed E-state index contributed by atoms with van der Waals surface area (Å²) in [6, 6.07) is 4.11. The molecule has 0 bridgehead atoms. The van der Waals surface area contributed by atoms with Crippen molar-refractivity contribution in [3.05, 3.63) is 29.5 Å². The highest BCUT2D eigenvalue weighted by atomic mass is 35.5. The Kier molecular flexibility index (Phi) is 4.04. The van der Waals surface area contributed by atoms with Crippen LogP contribution < -0.4 is 10.5 Å². The van der Waals surface area contributed by atoms with Gasteiger partial charge in [-0.25, -0.2) is 0 Å². The number of nitrogens with two attached hydrogens (primary N) is 1. The number of aromatic nitrogens is 1. The molecule has 3 rings (SSSR count). The van der Waals surface area contributed by atoms with Crippen LogP contribution in [-0.2, 0) is 12.8 Å². The number of rotatable bonds is 2. The molecule has 0 spiro atoms. The molecule has 104 valence electrons. The molecule has 1 aliphatic heterocycles. The Balaban J connectivity index is 0.00000133. The normalized spacial score (nSPS) is 19.4. The number of hydrogen-bond acceptors (Lipinski definition) is 3. The molecular formula is C14H19ClN2O2. The van der Waals surface area contributed by atoms with Crippen molar-refractivity contribution in [3.8, 4) is 5.75 Å². The van der Waals surface area contributed by atoms with Crippen LogP contribution in [0.3, 0.4) is 0 Å². The van der Waals surface area contributed by atoms with E-state index >= 15 is 0 Å². The van der Waals surface area contributed by atoms with Gasteiger partial charge < -0.3 is 20.6 Å². The topological polar surface area (TPSA) is 71.3 Å². The van der Waals surface area contributed by atoms with Crippen molar-refractivity contribution < 1.29 is 9.84 Å². The van der Waals surface area contributed by atoms with Crippen LogP contribution in [0.4, 0.5) is 0 Å². The van der Waals surface area contributed by atoms with Gasteiger partial charge in [-0.2, -0.15) is 0 Å². The van der Waals surface area contributed by atoms with Crippen LogP contribution in [0.1, 0.15) is 18.1 Å². The van der Waals surface area contributed by atoms with Gasteiger partial charge in [0.25, 0.3) is 0 Å². The molecule has 0 saturated carbocycles. The maximum absolute atomic E-state index is 9.77. The number of halogens is 1. The number of aliphatic hydroxyl groups excluding tert-OH is 1. The first-order chi connectivity index (χ1) is 8.65. The average molecular weight is 283 g/mol. The number of ether oxygens (including phenoxy) is 1. The lowest BCUT2D eigenvalue weighted by molar-refractivity contribution is 0.0927.